The summed E-state index contributed by atoms with van der Waals surface area (Å²) in [6.45, 7) is 9.08. The maximum atomic E-state index is 13.1. The third-order valence-corrected chi connectivity index (χ3v) is 6.85. The van der Waals surface area contributed by atoms with Crippen LogP contribution in [0.4, 0.5) is 10.3 Å². The number of hydrogen-bond donors (Lipinski definition) is 1. The van der Waals surface area contributed by atoms with Crippen LogP contribution in [0.3, 0.4) is 0 Å². The van der Waals surface area contributed by atoms with Crippen molar-refractivity contribution in [3.63, 3.8) is 0 Å². The van der Waals surface area contributed by atoms with E-state index in [1.54, 1.807) is 18.4 Å². The maximum absolute atomic E-state index is 13.1. The quantitative estimate of drug-likeness (QED) is 0.493. The van der Waals surface area contributed by atoms with Gasteiger partial charge in [0.15, 0.2) is 5.16 Å². The molecule has 3 atom stereocenters. The van der Waals surface area contributed by atoms with Gasteiger partial charge in [-0.15, -0.1) is 10.2 Å². The Labute approximate surface area is 197 Å². The van der Waals surface area contributed by atoms with Crippen molar-refractivity contribution in [3.8, 4) is 0 Å². The molecule has 1 aromatic carbocycles. The van der Waals surface area contributed by atoms with Crippen molar-refractivity contribution in [3.05, 3.63) is 59.8 Å². The summed E-state index contributed by atoms with van der Waals surface area (Å²) < 4.78 is 20.7. The summed E-state index contributed by atoms with van der Waals surface area (Å²) in [6, 6.07) is 9.91. The van der Waals surface area contributed by atoms with Gasteiger partial charge in [-0.25, -0.2) is 4.39 Å². The molecule has 1 aliphatic heterocycles. The maximum Gasteiger partial charge on any atom is 0.233 e. The summed E-state index contributed by atoms with van der Waals surface area (Å²) in [5, 5.41) is 12.2. The van der Waals surface area contributed by atoms with E-state index in [9.17, 15) is 9.18 Å². The zero-order valence-corrected chi connectivity index (χ0v) is 20.0. The lowest BCUT2D eigenvalue weighted by molar-refractivity contribution is -0.120. The Kier molecular flexibility index (Phi) is 7.37. The van der Waals surface area contributed by atoms with Gasteiger partial charge in [-0.3, -0.25) is 9.36 Å². The molecule has 176 valence electrons. The number of rotatable bonds is 8. The van der Waals surface area contributed by atoms with Crippen LogP contribution in [0.25, 0.3) is 0 Å². The first-order valence-corrected chi connectivity index (χ1v) is 12.2. The van der Waals surface area contributed by atoms with E-state index >= 15 is 0 Å². The lowest BCUT2D eigenvalue weighted by atomic mass is 9.92. The number of halogens is 1. The van der Waals surface area contributed by atoms with Crippen LogP contribution in [-0.4, -0.2) is 39.0 Å². The molecular formula is C24H30FN5O2S. The Morgan fingerprint density at radius 1 is 1.21 bits per heavy atom. The van der Waals surface area contributed by atoms with Crippen molar-refractivity contribution in [1.29, 1.82) is 0 Å². The Morgan fingerprint density at radius 2 is 1.94 bits per heavy atom. The van der Waals surface area contributed by atoms with Gasteiger partial charge in [0, 0.05) is 19.6 Å². The molecule has 4 rings (SSSR count). The monoisotopic (exact) mass is 471 g/mol. The summed E-state index contributed by atoms with van der Waals surface area (Å²) >= 11 is 1.37. The number of hydrogen-bond acceptors (Lipinski definition) is 6. The molecule has 1 aliphatic rings. The molecule has 1 saturated heterocycles. The van der Waals surface area contributed by atoms with Gasteiger partial charge in [0.1, 0.15) is 11.6 Å². The first kappa shape index (κ1) is 23.4. The number of nitrogens with zero attached hydrogens (tertiary/aromatic N) is 4. The van der Waals surface area contributed by atoms with E-state index in [2.05, 4.69) is 34.3 Å². The molecule has 9 heteroatoms. The molecule has 0 radical (unpaired) electrons. The van der Waals surface area contributed by atoms with Crippen LogP contribution in [0.5, 0.6) is 0 Å². The Balaban J connectivity index is 1.48. The summed E-state index contributed by atoms with van der Waals surface area (Å²) in [5.41, 5.74) is 0.846. The van der Waals surface area contributed by atoms with Gasteiger partial charge in [-0.1, -0.05) is 37.7 Å². The van der Waals surface area contributed by atoms with Gasteiger partial charge < -0.3 is 14.6 Å². The largest absolute Gasteiger partial charge is 0.467 e. The van der Waals surface area contributed by atoms with Gasteiger partial charge in [-0.2, -0.15) is 0 Å². The lowest BCUT2D eigenvalue weighted by Crippen LogP contribution is -2.40. The molecule has 1 N–H and O–H groups in total. The standard InChI is InChI=1S/C24H30FN5O2S/c1-16-11-17(2)14-29(13-16)23-27-28-24(30(23)15-21-5-4-10-32-21)33-18(3)22(31)26-12-19-6-8-20(25)9-7-19/h4-10,16-18H,11-15H2,1-3H3,(H,26,31). The second-order valence-electron chi connectivity index (χ2n) is 8.90. The number of anilines is 1. The van der Waals surface area contributed by atoms with E-state index in [0.29, 0.717) is 30.1 Å². The number of nitrogens with one attached hydrogen (secondary N) is 1. The van der Waals surface area contributed by atoms with Crippen molar-refractivity contribution >= 4 is 23.6 Å². The Hall–Kier alpha value is -2.81. The van der Waals surface area contributed by atoms with Crippen LogP contribution >= 0.6 is 11.8 Å². The molecular weight excluding hydrogens is 441 g/mol. The first-order valence-electron chi connectivity index (χ1n) is 11.3. The highest BCUT2D eigenvalue weighted by molar-refractivity contribution is 8.00. The Morgan fingerprint density at radius 3 is 2.61 bits per heavy atom. The fourth-order valence-corrected chi connectivity index (χ4v) is 5.14. The number of piperidine rings is 1. The van der Waals surface area contributed by atoms with Gasteiger partial charge in [0.05, 0.1) is 18.1 Å². The predicted molar refractivity (Wildman–Crippen MR) is 127 cm³/mol. The predicted octanol–water partition coefficient (Wildman–Crippen LogP) is 4.34. The number of benzene rings is 1. The van der Waals surface area contributed by atoms with Gasteiger partial charge in [0.25, 0.3) is 0 Å². The van der Waals surface area contributed by atoms with Crippen molar-refractivity contribution < 1.29 is 13.6 Å². The molecule has 0 spiro atoms. The van der Waals surface area contributed by atoms with Gasteiger partial charge in [-0.05, 0) is 55.0 Å². The SMILES string of the molecule is CC1CC(C)CN(c2nnc(SC(C)C(=O)NCc3ccc(F)cc3)n2Cc2ccco2)C1. The highest BCUT2D eigenvalue weighted by Gasteiger charge is 2.28. The molecule has 2 aromatic heterocycles. The average molecular weight is 472 g/mol. The van der Waals surface area contributed by atoms with Crippen LogP contribution in [0.2, 0.25) is 0 Å². The van der Waals surface area contributed by atoms with Gasteiger partial charge in [0.2, 0.25) is 11.9 Å². The fourth-order valence-electron chi connectivity index (χ4n) is 4.27. The van der Waals surface area contributed by atoms with Crippen molar-refractivity contribution in [2.45, 2.75) is 50.7 Å². The van der Waals surface area contributed by atoms with E-state index in [1.807, 2.05) is 23.6 Å². The number of amides is 1. The van der Waals surface area contributed by atoms with E-state index in [4.69, 9.17) is 4.42 Å². The molecule has 33 heavy (non-hydrogen) atoms. The van der Waals surface area contributed by atoms with Crippen molar-refractivity contribution in [2.75, 3.05) is 18.0 Å². The molecule has 0 aliphatic carbocycles. The van der Waals surface area contributed by atoms with Crippen LogP contribution in [0.1, 0.15) is 38.5 Å². The highest BCUT2D eigenvalue weighted by atomic mass is 32.2. The summed E-state index contributed by atoms with van der Waals surface area (Å²) in [5.74, 6) is 2.37. The van der Waals surface area contributed by atoms with E-state index < -0.39 is 0 Å². The second-order valence-corrected chi connectivity index (χ2v) is 10.2. The summed E-state index contributed by atoms with van der Waals surface area (Å²) in [4.78, 5) is 15.0. The minimum absolute atomic E-state index is 0.112. The molecule has 3 heterocycles. The van der Waals surface area contributed by atoms with Crippen molar-refractivity contribution in [1.82, 2.24) is 20.1 Å². The minimum Gasteiger partial charge on any atom is -0.467 e. The zero-order chi connectivity index (χ0) is 23.4. The van der Waals surface area contributed by atoms with Crippen LogP contribution in [0, 0.1) is 17.7 Å². The smallest absolute Gasteiger partial charge is 0.233 e. The number of furan rings is 1. The lowest BCUT2D eigenvalue weighted by Gasteiger charge is -2.35. The minimum atomic E-state index is -0.378. The second kappa shape index (κ2) is 10.4. The molecule has 0 bridgehead atoms. The fraction of sp³-hybridized carbons (Fsp3) is 0.458. The number of carbonyl (C=O) groups is 1. The van der Waals surface area contributed by atoms with E-state index in [-0.39, 0.29) is 17.0 Å². The highest BCUT2D eigenvalue weighted by Crippen LogP contribution is 2.30. The molecule has 1 fully saturated rings. The molecule has 7 nitrogen and oxygen atoms in total. The Bertz CT molecular complexity index is 1040. The summed E-state index contributed by atoms with van der Waals surface area (Å²) in [6.07, 6.45) is 2.86. The van der Waals surface area contributed by atoms with Gasteiger partial charge >= 0.3 is 0 Å². The van der Waals surface area contributed by atoms with Crippen molar-refractivity contribution in [2.24, 2.45) is 11.8 Å². The van der Waals surface area contributed by atoms with Crippen LogP contribution < -0.4 is 10.2 Å². The van der Waals surface area contributed by atoms with Crippen LogP contribution in [0.15, 0.2) is 52.2 Å². The average Bonchev–Trinajstić information content (AvgIpc) is 3.43. The molecule has 0 saturated carbocycles. The first-order chi connectivity index (χ1) is 15.9. The number of carbonyl (C=O) groups excluding carboxylic acids is 1. The normalized spacial score (nSPS) is 19.5. The van der Waals surface area contributed by atoms with Crippen LogP contribution in [-0.2, 0) is 17.9 Å². The third-order valence-electron chi connectivity index (χ3n) is 5.77. The number of thioether (sulfide) groups is 1. The van der Waals surface area contributed by atoms with E-state index in [0.717, 1.165) is 30.4 Å². The summed E-state index contributed by atoms with van der Waals surface area (Å²) in [7, 11) is 0. The zero-order valence-electron chi connectivity index (χ0n) is 19.2. The topological polar surface area (TPSA) is 76.2 Å². The molecule has 3 unspecified atom stereocenters. The molecule has 3 aromatic rings. The third kappa shape index (κ3) is 5.96. The van der Waals surface area contributed by atoms with E-state index in [1.165, 1.54) is 30.3 Å². The molecule has 1 amide bonds. The number of aromatic nitrogens is 3.